The zero-order chi connectivity index (χ0) is 33.2. The molecule has 0 aromatic heterocycles. The highest BCUT2D eigenvalue weighted by molar-refractivity contribution is 7.89. The third-order valence-corrected chi connectivity index (χ3v) is 9.14. The number of carbonyl (C=O) groups is 2. The van der Waals surface area contributed by atoms with Crippen LogP contribution in [0.4, 0.5) is 10.1 Å². The predicted octanol–water partition coefficient (Wildman–Crippen LogP) is 2.78. The second kappa shape index (κ2) is 15.9. The Kier molecular flexibility index (Phi) is 12.6. The first-order chi connectivity index (χ1) is 21.2. The Labute approximate surface area is 265 Å². The van der Waals surface area contributed by atoms with Crippen LogP contribution in [0.5, 0.6) is 0 Å². The zero-order valence-electron chi connectivity index (χ0n) is 26.2. The maximum atomic E-state index is 13.5. The van der Waals surface area contributed by atoms with E-state index in [1.54, 1.807) is 12.1 Å². The fourth-order valence-corrected chi connectivity index (χ4v) is 6.34. The molecule has 0 fully saturated rings. The van der Waals surface area contributed by atoms with Gasteiger partial charge >= 0.3 is 0 Å². The van der Waals surface area contributed by atoms with Crippen molar-refractivity contribution in [3.8, 4) is 0 Å². The normalized spacial score (nSPS) is 13.4. The Hall–Kier alpha value is -3.84. The predicted molar refractivity (Wildman–Crippen MR) is 173 cm³/mol. The van der Waals surface area contributed by atoms with Gasteiger partial charge in [0.2, 0.25) is 21.8 Å². The topological polar surface area (TPSA) is 154 Å². The molecule has 6 N–H and O–H groups in total. The molecule has 0 bridgehead atoms. The molecule has 2 amide bonds. The van der Waals surface area contributed by atoms with Crippen LogP contribution in [-0.4, -0.2) is 68.0 Å². The fourth-order valence-electron chi connectivity index (χ4n) is 4.72. The molecule has 0 radical (unpaired) electrons. The van der Waals surface area contributed by atoms with Crippen LogP contribution in [0.15, 0.2) is 83.8 Å². The molecule has 0 aliphatic rings. The third kappa shape index (κ3) is 10.9. The Morgan fingerprint density at radius 1 is 0.911 bits per heavy atom. The number of rotatable bonds is 16. The zero-order valence-corrected chi connectivity index (χ0v) is 27.0. The minimum atomic E-state index is -3.98. The lowest BCUT2D eigenvalue weighted by Crippen LogP contribution is -2.53. The molecule has 0 unspecified atom stereocenters. The van der Waals surface area contributed by atoms with E-state index < -0.39 is 39.5 Å². The second-order valence-electron chi connectivity index (χ2n) is 12.0. The van der Waals surface area contributed by atoms with Crippen LogP contribution in [0.3, 0.4) is 0 Å². The van der Waals surface area contributed by atoms with Gasteiger partial charge in [-0.2, -0.15) is 4.31 Å². The number of nitrogens with zero attached hydrogens (tertiary/aromatic N) is 1. The average molecular weight is 642 g/mol. The van der Waals surface area contributed by atoms with E-state index in [2.05, 4.69) is 16.0 Å². The quantitative estimate of drug-likeness (QED) is 0.151. The summed E-state index contributed by atoms with van der Waals surface area (Å²) in [4.78, 5) is 25.6. The molecule has 244 valence electrons. The number of sulfonamides is 1. The molecule has 0 saturated heterocycles. The molecule has 45 heavy (non-hydrogen) atoms. The Morgan fingerprint density at radius 3 is 2.13 bits per heavy atom. The lowest BCUT2D eigenvalue weighted by Gasteiger charge is -2.31. The van der Waals surface area contributed by atoms with E-state index >= 15 is 0 Å². The summed E-state index contributed by atoms with van der Waals surface area (Å²) in [5, 5.41) is 19.8. The first kappa shape index (κ1) is 35.6. The van der Waals surface area contributed by atoms with Gasteiger partial charge in [-0.15, -0.1) is 0 Å². The Balaban J connectivity index is 1.68. The van der Waals surface area contributed by atoms with Crippen LogP contribution in [0, 0.1) is 11.7 Å². The molecule has 2 atom stereocenters. The van der Waals surface area contributed by atoms with Crippen LogP contribution in [0.25, 0.3) is 0 Å². The van der Waals surface area contributed by atoms with Crippen LogP contribution in [0.1, 0.15) is 38.8 Å². The molecule has 12 heteroatoms. The number of nitrogens with one attached hydrogen (secondary N) is 3. The van der Waals surface area contributed by atoms with E-state index in [0.29, 0.717) is 5.69 Å². The highest BCUT2D eigenvalue weighted by atomic mass is 32.2. The van der Waals surface area contributed by atoms with E-state index in [4.69, 9.17) is 5.73 Å². The van der Waals surface area contributed by atoms with Crippen LogP contribution < -0.4 is 21.7 Å². The Bertz CT molecular complexity index is 1500. The van der Waals surface area contributed by atoms with Gasteiger partial charge in [-0.05, 0) is 73.7 Å². The first-order valence-corrected chi connectivity index (χ1v) is 16.3. The van der Waals surface area contributed by atoms with Gasteiger partial charge in [0.05, 0.1) is 30.1 Å². The number of benzene rings is 3. The van der Waals surface area contributed by atoms with E-state index in [-0.39, 0.29) is 49.2 Å². The molecule has 0 heterocycles. The van der Waals surface area contributed by atoms with Crippen molar-refractivity contribution in [2.45, 2.75) is 56.7 Å². The molecule has 3 aromatic rings. The maximum absolute atomic E-state index is 13.5. The van der Waals surface area contributed by atoms with Gasteiger partial charge in [0, 0.05) is 24.3 Å². The van der Waals surface area contributed by atoms with Crippen molar-refractivity contribution in [1.29, 1.82) is 0 Å². The summed E-state index contributed by atoms with van der Waals surface area (Å²) >= 11 is 0. The summed E-state index contributed by atoms with van der Waals surface area (Å²) in [5.74, 6) is -1.37. The molecule has 3 rings (SSSR count). The summed E-state index contributed by atoms with van der Waals surface area (Å²) in [5.41, 5.74) is 7.16. The van der Waals surface area contributed by atoms with E-state index in [0.717, 1.165) is 11.1 Å². The van der Waals surface area contributed by atoms with Crippen molar-refractivity contribution < 1.29 is 27.5 Å². The van der Waals surface area contributed by atoms with E-state index in [1.165, 1.54) is 40.7 Å². The smallest absolute Gasteiger partial charge is 0.243 e. The number of hydrogen-bond acceptors (Lipinski definition) is 7. The summed E-state index contributed by atoms with van der Waals surface area (Å²) in [6.07, 6.45) is -1.04. The standard InChI is InChI=1S/C33H44FN5O5S/c1-23(2)21-39(45(43,44)28-16-14-27(35)15-17-28)22-30(40)29(18-24-8-6-5-7-9-24)38-32(42)19-36-31(41)20-37-33(3,4)25-10-12-26(34)13-11-25/h5-17,23,29-30,37,40H,18-22,35H2,1-4H3,(H,36,41)(H,38,42)/t29-,30+/m0/s1. The van der Waals surface area contributed by atoms with Gasteiger partial charge in [-0.1, -0.05) is 56.3 Å². The summed E-state index contributed by atoms with van der Waals surface area (Å²) in [7, 11) is -3.98. The van der Waals surface area contributed by atoms with E-state index in [1.807, 2.05) is 58.0 Å². The summed E-state index contributed by atoms with van der Waals surface area (Å²) in [6, 6.07) is 20.2. The van der Waals surface area contributed by atoms with Gasteiger partial charge in [-0.3, -0.25) is 14.9 Å². The monoisotopic (exact) mass is 641 g/mol. The van der Waals surface area contributed by atoms with Crippen molar-refractivity contribution in [2.24, 2.45) is 5.92 Å². The molecule has 10 nitrogen and oxygen atoms in total. The number of aliphatic hydroxyl groups excluding tert-OH is 1. The summed E-state index contributed by atoms with van der Waals surface area (Å²) < 4.78 is 41.6. The molecule has 0 saturated carbocycles. The van der Waals surface area contributed by atoms with Crippen molar-refractivity contribution in [2.75, 3.05) is 31.9 Å². The molecule has 0 aliphatic carbocycles. The third-order valence-electron chi connectivity index (χ3n) is 7.29. The second-order valence-corrected chi connectivity index (χ2v) is 13.9. The van der Waals surface area contributed by atoms with Crippen molar-refractivity contribution >= 4 is 27.5 Å². The number of carbonyl (C=O) groups excluding carboxylic acids is 2. The fraction of sp³-hybridized carbons (Fsp3) is 0.394. The number of halogens is 1. The minimum Gasteiger partial charge on any atom is -0.399 e. The van der Waals surface area contributed by atoms with Crippen LogP contribution in [0.2, 0.25) is 0 Å². The number of nitrogen functional groups attached to an aromatic ring is 1. The van der Waals surface area contributed by atoms with Crippen LogP contribution in [-0.2, 0) is 31.6 Å². The van der Waals surface area contributed by atoms with Crippen LogP contribution >= 0.6 is 0 Å². The van der Waals surface area contributed by atoms with Crippen molar-refractivity contribution in [1.82, 2.24) is 20.3 Å². The SMILES string of the molecule is CC(C)CN(C[C@@H](O)[C@H](Cc1ccccc1)NC(=O)CNC(=O)CNC(C)(C)c1ccc(F)cc1)S(=O)(=O)c1ccc(N)cc1. The van der Waals surface area contributed by atoms with E-state index in [9.17, 15) is 27.5 Å². The number of amides is 2. The van der Waals surface area contributed by atoms with Crippen molar-refractivity contribution in [3.05, 3.63) is 95.8 Å². The average Bonchev–Trinajstić information content (AvgIpc) is 2.99. The molecular weight excluding hydrogens is 597 g/mol. The first-order valence-electron chi connectivity index (χ1n) is 14.8. The summed E-state index contributed by atoms with van der Waals surface area (Å²) in [6.45, 7) is 6.89. The van der Waals surface area contributed by atoms with Gasteiger partial charge < -0.3 is 21.5 Å². The minimum absolute atomic E-state index is 0.0419. The number of hydrogen-bond donors (Lipinski definition) is 5. The highest BCUT2D eigenvalue weighted by Gasteiger charge is 2.31. The molecular formula is C33H44FN5O5S. The maximum Gasteiger partial charge on any atom is 0.243 e. The van der Waals surface area contributed by atoms with Gasteiger partial charge in [0.15, 0.2) is 0 Å². The number of aliphatic hydroxyl groups is 1. The molecule has 0 aliphatic heterocycles. The van der Waals surface area contributed by atoms with Gasteiger partial charge in [0.1, 0.15) is 5.82 Å². The largest absolute Gasteiger partial charge is 0.399 e. The van der Waals surface area contributed by atoms with Gasteiger partial charge in [-0.25, -0.2) is 12.8 Å². The van der Waals surface area contributed by atoms with Gasteiger partial charge in [0.25, 0.3) is 0 Å². The van der Waals surface area contributed by atoms with Crippen molar-refractivity contribution in [3.63, 3.8) is 0 Å². The lowest BCUT2D eigenvalue weighted by molar-refractivity contribution is -0.126. The molecule has 0 spiro atoms. The highest BCUT2D eigenvalue weighted by Crippen LogP contribution is 2.21. The molecule has 3 aromatic carbocycles. The number of nitrogens with two attached hydrogens (primary N) is 1. The Morgan fingerprint density at radius 2 is 1.53 bits per heavy atom. The lowest BCUT2D eigenvalue weighted by atomic mass is 9.94. The number of anilines is 1.